The first-order valence-electron chi connectivity index (χ1n) is 9.48. The SMILES string of the molecule is Cc1cc(Cl)ccc1OCCCc1nnc(SCC(=O)Nc2ccc(Cl)c(Cl)c2)n1C. The molecule has 6 nitrogen and oxygen atoms in total. The lowest BCUT2D eigenvalue weighted by Crippen LogP contribution is -2.14. The van der Waals surface area contributed by atoms with E-state index in [0.29, 0.717) is 38.9 Å². The number of carbonyl (C=O) groups is 1. The number of ether oxygens (including phenoxy) is 1. The van der Waals surface area contributed by atoms with Crippen LogP contribution >= 0.6 is 46.6 Å². The van der Waals surface area contributed by atoms with E-state index in [4.69, 9.17) is 39.5 Å². The van der Waals surface area contributed by atoms with Crippen LogP contribution in [0.5, 0.6) is 5.75 Å². The Morgan fingerprint density at radius 1 is 1.13 bits per heavy atom. The van der Waals surface area contributed by atoms with Crippen LogP contribution in [-0.2, 0) is 18.3 Å². The van der Waals surface area contributed by atoms with Crippen molar-refractivity contribution < 1.29 is 9.53 Å². The van der Waals surface area contributed by atoms with Gasteiger partial charge in [-0.15, -0.1) is 10.2 Å². The highest BCUT2D eigenvalue weighted by Crippen LogP contribution is 2.25. The molecule has 1 heterocycles. The number of hydrogen-bond donors (Lipinski definition) is 1. The summed E-state index contributed by atoms with van der Waals surface area (Å²) in [4.78, 5) is 12.2. The Balaban J connectivity index is 1.44. The quantitative estimate of drug-likeness (QED) is 0.296. The van der Waals surface area contributed by atoms with Crippen molar-refractivity contribution in [2.75, 3.05) is 17.7 Å². The first-order chi connectivity index (χ1) is 14.8. The van der Waals surface area contributed by atoms with Gasteiger partial charge in [-0.1, -0.05) is 46.6 Å². The van der Waals surface area contributed by atoms with Gasteiger partial charge in [0, 0.05) is 24.2 Å². The summed E-state index contributed by atoms with van der Waals surface area (Å²) in [5.41, 5.74) is 1.60. The number of aryl methyl sites for hydroxylation is 2. The molecule has 1 aromatic heterocycles. The van der Waals surface area contributed by atoms with E-state index >= 15 is 0 Å². The zero-order valence-electron chi connectivity index (χ0n) is 17.0. The van der Waals surface area contributed by atoms with Gasteiger partial charge in [0.2, 0.25) is 5.91 Å². The van der Waals surface area contributed by atoms with Crippen molar-refractivity contribution in [3.63, 3.8) is 0 Å². The van der Waals surface area contributed by atoms with Gasteiger partial charge in [-0.05, 0) is 55.3 Å². The second kappa shape index (κ2) is 11.1. The number of nitrogens with one attached hydrogen (secondary N) is 1. The highest BCUT2D eigenvalue weighted by atomic mass is 35.5. The Kier molecular flexibility index (Phi) is 8.49. The maximum absolute atomic E-state index is 12.2. The number of thioether (sulfide) groups is 1. The summed E-state index contributed by atoms with van der Waals surface area (Å²) in [6.07, 6.45) is 1.50. The maximum Gasteiger partial charge on any atom is 0.234 e. The summed E-state index contributed by atoms with van der Waals surface area (Å²) in [5.74, 6) is 1.70. The Morgan fingerprint density at radius 3 is 2.68 bits per heavy atom. The summed E-state index contributed by atoms with van der Waals surface area (Å²) in [6.45, 7) is 2.52. The number of rotatable bonds is 9. The van der Waals surface area contributed by atoms with Crippen LogP contribution in [0.25, 0.3) is 0 Å². The largest absolute Gasteiger partial charge is 0.493 e. The van der Waals surface area contributed by atoms with Crippen LogP contribution < -0.4 is 10.1 Å². The summed E-state index contributed by atoms with van der Waals surface area (Å²) < 4.78 is 7.71. The third-order valence-electron chi connectivity index (χ3n) is 4.40. The molecule has 0 aliphatic heterocycles. The zero-order valence-corrected chi connectivity index (χ0v) is 20.1. The molecule has 1 N–H and O–H groups in total. The van der Waals surface area contributed by atoms with Crippen LogP contribution in [0.2, 0.25) is 15.1 Å². The summed E-state index contributed by atoms with van der Waals surface area (Å²) in [6, 6.07) is 10.5. The molecule has 3 aromatic rings. The van der Waals surface area contributed by atoms with Gasteiger partial charge in [-0.3, -0.25) is 4.79 Å². The number of hydrogen-bond acceptors (Lipinski definition) is 5. The molecule has 0 aliphatic rings. The van der Waals surface area contributed by atoms with Crippen molar-refractivity contribution in [2.24, 2.45) is 7.05 Å². The van der Waals surface area contributed by atoms with Gasteiger partial charge in [0.1, 0.15) is 11.6 Å². The molecule has 0 bridgehead atoms. The highest BCUT2D eigenvalue weighted by Gasteiger charge is 2.12. The lowest BCUT2D eigenvalue weighted by molar-refractivity contribution is -0.113. The van der Waals surface area contributed by atoms with Crippen LogP contribution in [0.15, 0.2) is 41.6 Å². The topological polar surface area (TPSA) is 69.0 Å². The van der Waals surface area contributed by atoms with E-state index < -0.39 is 0 Å². The van der Waals surface area contributed by atoms with Crippen LogP contribution in [0.1, 0.15) is 17.8 Å². The average molecular weight is 500 g/mol. The van der Waals surface area contributed by atoms with E-state index in [1.807, 2.05) is 36.7 Å². The van der Waals surface area contributed by atoms with Gasteiger partial charge in [-0.2, -0.15) is 0 Å². The van der Waals surface area contributed by atoms with E-state index in [9.17, 15) is 4.79 Å². The Hall–Kier alpha value is -1.93. The van der Waals surface area contributed by atoms with Gasteiger partial charge in [0.15, 0.2) is 5.16 Å². The van der Waals surface area contributed by atoms with Crippen molar-refractivity contribution in [3.8, 4) is 5.75 Å². The van der Waals surface area contributed by atoms with Crippen molar-refractivity contribution in [1.82, 2.24) is 14.8 Å². The predicted octanol–water partition coefficient (Wildman–Crippen LogP) is 5.83. The molecule has 1 amide bonds. The number of benzene rings is 2. The molecule has 3 rings (SSSR count). The van der Waals surface area contributed by atoms with Crippen molar-refractivity contribution in [3.05, 3.63) is 62.9 Å². The summed E-state index contributed by atoms with van der Waals surface area (Å²) in [7, 11) is 1.89. The molecule has 0 fully saturated rings. The third kappa shape index (κ3) is 6.77. The van der Waals surface area contributed by atoms with Crippen molar-refractivity contribution in [2.45, 2.75) is 24.9 Å². The fraction of sp³-hybridized carbons (Fsp3) is 0.286. The number of anilines is 1. The number of halogens is 3. The summed E-state index contributed by atoms with van der Waals surface area (Å²) >= 11 is 19.1. The molecule has 2 aromatic carbocycles. The van der Waals surface area contributed by atoms with Crippen LogP contribution in [0, 0.1) is 6.92 Å². The normalized spacial score (nSPS) is 10.9. The molecule has 0 saturated heterocycles. The lowest BCUT2D eigenvalue weighted by Gasteiger charge is -2.09. The van der Waals surface area contributed by atoms with Crippen LogP contribution in [0.4, 0.5) is 5.69 Å². The van der Waals surface area contributed by atoms with E-state index in [-0.39, 0.29) is 11.7 Å². The molecule has 10 heteroatoms. The second-order valence-corrected chi connectivity index (χ2v) is 8.98. The van der Waals surface area contributed by atoms with Crippen LogP contribution in [0.3, 0.4) is 0 Å². The zero-order chi connectivity index (χ0) is 22.4. The molecular formula is C21H21Cl3N4O2S. The van der Waals surface area contributed by atoms with Crippen LogP contribution in [-0.4, -0.2) is 33.0 Å². The molecule has 0 aliphatic carbocycles. The van der Waals surface area contributed by atoms with Gasteiger partial charge in [0.05, 0.1) is 22.4 Å². The van der Waals surface area contributed by atoms with E-state index in [2.05, 4.69) is 15.5 Å². The Labute approximate surface area is 200 Å². The minimum Gasteiger partial charge on any atom is -0.493 e. The van der Waals surface area contributed by atoms with E-state index in [1.165, 1.54) is 11.8 Å². The van der Waals surface area contributed by atoms with Gasteiger partial charge in [-0.25, -0.2) is 0 Å². The molecule has 0 radical (unpaired) electrons. The predicted molar refractivity (Wildman–Crippen MR) is 127 cm³/mol. The highest BCUT2D eigenvalue weighted by molar-refractivity contribution is 7.99. The standard InChI is InChI=1S/C21H21Cl3N4O2S/c1-13-10-14(22)5-8-18(13)30-9-3-4-19-26-27-21(28(19)2)31-12-20(29)25-15-6-7-16(23)17(24)11-15/h5-8,10-11H,3-4,9,12H2,1-2H3,(H,25,29). The summed E-state index contributed by atoms with van der Waals surface area (Å²) in [5, 5.41) is 13.4. The molecule has 0 atom stereocenters. The fourth-order valence-corrected chi connectivity index (χ4v) is 4.03. The number of nitrogens with zero attached hydrogens (tertiary/aromatic N) is 3. The van der Waals surface area contributed by atoms with Gasteiger partial charge in [0.25, 0.3) is 0 Å². The number of carbonyl (C=O) groups excluding carboxylic acids is 1. The Bertz CT molecular complexity index is 1070. The molecule has 0 unspecified atom stereocenters. The molecule has 0 saturated carbocycles. The van der Waals surface area contributed by atoms with E-state index in [0.717, 1.165) is 23.6 Å². The maximum atomic E-state index is 12.2. The molecule has 0 spiro atoms. The second-order valence-electron chi connectivity index (χ2n) is 6.79. The monoisotopic (exact) mass is 498 g/mol. The molecule has 31 heavy (non-hydrogen) atoms. The number of amides is 1. The number of aromatic nitrogens is 3. The van der Waals surface area contributed by atoms with Crippen molar-refractivity contribution >= 4 is 58.2 Å². The fourth-order valence-electron chi connectivity index (χ4n) is 2.78. The Morgan fingerprint density at radius 2 is 1.94 bits per heavy atom. The third-order valence-corrected chi connectivity index (χ3v) is 6.39. The minimum absolute atomic E-state index is 0.167. The smallest absolute Gasteiger partial charge is 0.234 e. The lowest BCUT2D eigenvalue weighted by atomic mass is 10.2. The van der Waals surface area contributed by atoms with E-state index in [1.54, 1.807) is 18.2 Å². The molecular weight excluding hydrogens is 479 g/mol. The first kappa shape index (κ1) is 23.7. The first-order valence-corrected chi connectivity index (χ1v) is 11.6. The van der Waals surface area contributed by atoms with Gasteiger partial charge < -0.3 is 14.6 Å². The van der Waals surface area contributed by atoms with Crippen molar-refractivity contribution in [1.29, 1.82) is 0 Å². The average Bonchev–Trinajstić information content (AvgIpc) is 3.07. The van der Waals surface area contributed by atoms with Gasteiger partial charge >= 0.3 is 0 Å². The molecule has 164 valence electrons. The minimum atomic E-state index is -0.167.